The van der Waals surface area contributed by atoms with Crippen LogP contribution in [-0.4, -0.2) is 11.7 Å². The van der Waals surface area contributed by atoms with Crippen molar-refractivity contribution in [2.45, 2.75) is 45.1 Å². The fraction of sp³-hybridized carbons (Fsp3) is 0.333. The lowest BCUT2D eigenvalue weighted by Crippen LogP contribution is -2.30. The number of rotatable bonds is 5. The van der Waals surface area contributed by atoms with Gasteiger partial charge in [0.25, 0.3) is 0 Å². The van der Waals surface area contributed by atoms with Crippen LogP contribution in [0.25, 0.3) is 22.3 Å². The molecule has 0 radical (unpaired) electrons. The van der Waals surface area contributed by atoms with Gasteiger partial charge in [-0.25, -0.2) is 8.78 Å². The van der Waals surface area contributed by atoms with Crippen LogP contribution >= 0.6 is 0 Å². The van der Waals surface area contributed by atoms with Crippen LogP contribution in [0.1, 0.15) is 45.1 Å². The second kappa shape index (κ2) is 8.99. The topological polar surface area (TPSA) is 29.5 Å². The summed E-state index contributed by atoms with van der Waals surface area (Å²) in [6.07, 6.45) is 3.10. The first-order valence-corrected chi connectivity index (χ1v) is 11.1. The minimum absolute atomic E-state index is 0.113. The van der Waals surface area contributed by atoms with Crippen LogP contribution in [-0.2, 0) is 5.60 Å². The normalized spacial score (nSPS) is 20.9. The van der Waals surface area contributed by atoms with Crippen molar-refractivity contribution in [3.63, 3.8) is 0 Å². The summed E-state index contributed by atoms with van der Waals surface area (Å²) in [6, 6.07) is 14.4. The number of aliphatic hydroxyl groups is 1. The molecule has 0 aromatic heterocycles. The van der Waals surface area contributed by atoms with Crippen molar-refractivity contribution in [3.8, 4) is 28.0 Å². The van der Waals surface area contributed by atoms with Crippen LogP contribution < -0.4 is 4.74 Å². The van der Waals surface area contributed by atoms with Crippen LogP contribution in [0, 0.1) is 23.4 Å². The maximum Gasteiger partial charge on any atom is 0.201 e. The van der Waals surface area contributed by atoms with Gasteiger partial charge in [0.15, 0.2) is 11.6 Å². The van der Waals surface area contributed by atoms with Gasteiger partial charge in [-0.2, -0.15) is 4.39 Å². The number of hydrogen-bond donors (Lipinski definition) is 1. The second-order valence-electron chi connectivity index (χ2n) is 8.66. The van der Waals surface area contributed by atoms with E-state index in [0.717, 1.165) is 12.8 Å². The zero-order chi connectivity index (χ0) is 22.9. The fourth-order valence-corrected chi connectivity index (χ4v) is 4.42. The van der Waals surface area contributed by atoms with E-state index in [1.807, 2.05) is 0 Å². The number of hydrogen-bond acceptors (Lipinski definition) is 2. The highest BCUT2D eigenvalue weighted by Gasteiger charge is 2.34. The molecule has 3 aromatic carbocycles. The third kappa shape index (κ3) is 4.26. The van der Waals surface area contributed by atoms with Crippen molar-refractivity contribution in [3.05, 3.63) is 77.6 Å². The lowest BCUT2D eigenvalue weighted by atomic mass is 9.75. The summed E-state index contributed by atoms with van der Waals surface area (Å²) < 4.78 is 48.8. The van der Waals surface area contributed by atoms with Crippen LogP contribution in [0.4, 0.5) is 13.2 Å². The van der Waals surface area contributed by atoms with Gasteiger partial charge in [-0.05, 0) is 73.4 Å². The van der Waals surface area contributed by atoms with E-state index in [9.17, 15) is 18.3 Å². The van der Waals surface area contributed by atoms with E-state index in [-0.39, 0.29) is 17.9 Å². The molecule has 1 aliphatic carbocycles. The zero-order valence-corrected chi connectivity index (χ0v) is 18.3. The van der Waals surface area contributed by atoms with Crippen molar-refractivity contribution < 1.29 is 23.0 Å². The van der Waals surface area contributed by atoms with Gasteiger partial charge in [0.2, 0.25) is 5.82 Å². The lowest BCUT2D eigenvalue weighted by Gasteiger charge is -2.35. The molecule has 0 spiro atoms. The van der Waals surface area contributed by atoms with E-state index in [1.54, 1.807) is 43.3 Å². The average Bonchev–Trinajstić information content (AvgIpc) is 2.79. The Kier molecular flexibility index (Phi) is 6.29. The first kappa shape index (κ1) is 22.4. The molecule has 4 rings (SSSR count). The van der Waals surface area contributed by atoms with Gasteiger partial charge in [0.1, 0.15) is 5.82 Å². The van der Waals surface area contributed by atoms with Crippen molar-refractivity contribution in [2.24, 2.45) is 5.92 Å². The van der Waals surface area contributed by atoms with Gasteiger partial charge in [-0.3, -0.25) is 0 Å². The number of halogens is 3. The fourth-order valence-electron chi connectivity index (χ4n) is 4.42. The van der Waals surface area contributed by atoms with Crippen molar-refractivity contribution in [2.75, 3.05) is 6.61 Å². The Labute approximate surface area is 186 Å². The first-order valence-electron chi connectivity index (χ1n) is 11.1. The highest BCUT2D eigenvalue weighted by Crippen LogP contribution is 2.40. The van der Waals surface area contributed by atoms with Gasteiger partial charge in [0.05, 0.1) is 12.2 Å². The maximum absolute atomic E-state index is 15.0. The summed E-state index contributed by atoms with van der Waals surface area (Å²) >= 11 is 0. The molecule has 0 bridgehead atoms. The van der Waals surface area contributed by atoms with Crippen LogP contribution in [0.2, 0.25) is 0 Å². The standard InChI is InChI=1S/C27H27F3O2/c1-3-32-24-11-10-22(25(29)26(24)30)19-6-4-18(5-7-19)21-9-8-20(16-23(21)28)27(31)14-12-17(2)13-15-27/h4-11,16-17,31H,3,12-15H2,1-2H3. The van der Waals surface area contributed by atoms with Crippen LogP contribution in [0.15, 0.2) is 54.6 Å². The molecule has 1 fully saturated rings. The Morgan fingerprint density at radius 3 is 2.06 bits per heavy atom. The Morgan fingerprint density at radius 1 is 0.875 bits per heavy atom. The lowest BCUT2D eigenvalue weighted by molar-refractivity contribution is -0.0122. The highest BCUT2D eigenvalue weighted by molar-refractivity contribution is 5.71. The van der Waals surface area contributed by atoms with E-state index < -0.39 is 23.1 Å². The quantitative estimate of drug-likeness (QED) is 0.453. The van der Waals surface area contributed by atoms with Gasteiger partial charge in [0, 0.05) is 11.1 Å². The zero-order valence-electron chi connectivity index (χ0n) is 18.3. The Morgan fingerprint density at radius 2 is 1.47 bits per heavy atom. The predicted octanol–water partition coefficient (Wildman–Crippen LogP) is 7.23. The van der Waals surface area contributed by atoms with Crippen molar-refractivity contribution in [1.82, 2.24) is 0 Å². The summed E-state index contributed by atoms with van der Waals surface area (Å²) in [5.74, 6) is -1.96. The molecule has 2 nitrogen and oxygen atoms in total. The van der Waals surface area contributed by atoms with Crippen molar-refractivity contribution >= 4 is 0 Å². The second-order valence-corrected chi connectivity index (χ2v) is 8.66. The summed E-state index contributed by atoms with van der Waals surface area (Å²) in [7, 11) is 0. The van der Waals surface area contributed by atoms with Gasteiger partial charge in [-0.15, -0.1) is 0 Å². The third-order valence-corrected chi connectivity index (χ3v) is 6.46. The SMILES string of the molecule is CCOc1ccc(-c2ccc(-c3ccc(C4(O)CCC(C)CC4)cc3F)cc2)c(F)c1F. The third-order valence-electron chi connectivity index (χ3n) is 6.46. The van der Waals surface area contributed by atoms with E-state index in [4.69, 9.17) is 4.74 Å². The van der Waals surface area contributed by atoms with E-state index >= 15 is 0 Å². The molecular weight excluding hydrogens is 413 g/mol. The first-order chi connectivity index (χ1) is 15.3. The molecule has 0 amide bonds. The molecule has 0 atom stereocenters. The molecule has 5 heteroatoms. The molecule has 0 saturated heterocycles. The summed E-state index contributed by atoms with van der Waals surface area (Å²) in [4.78, 5) is 0. The summed E-state index contributed by atoms with van der Waals surface area (Å²) in [5.41, 5.74) is 1.23. The molecule has 0 heterocycles. The monoisotopic (exact) mass is 440 g/mol. The Hall–Kier alpha value is -2.79. The molecule has 1 saturated carbocycles. The maximum atomic E-state index is 15.0. The van der Waals surface area contributed by atoms with Gasteiger partial charge in [-0.1, -0.05) is 43.3 Å². The van der Waals surface area contributed by atoms with Gasteiger partial charge >= 0.3 is 0 Å². The largest absolute Gasteiger partial charge is 0.491 e. The molecule has 32 heavy (non-hydrogen) atoms. The predicted molar refractivity (Wildman–Crippen MR) is 120 cm³/mol. The van der Waals surface area contributed by atoms with Crippen LogP contribution in [0.3, 0.4) is 0 Å². The Bertz CT molecular complexity index is 1100. The molecule has 1 N–H and O–H groups in total. The minimum Gasteiger partial charge on any atom is -0.491 e. The van der Waals surface area contributed by atoms with Crippen molar-refractivity contribution in [1.29, 1.82) is 0 Å². The van der Waals surface area contributed by atoms with E-state index in [0.29, 0.717) is 41.0 Å². The highest BCUT2D eigenvalue weighted by atomic mass is 19.2. The molecule has 0 unspecified atom stereocenters. The Balaban J connectivity index is 1.59. The summed E-state index contributed by atoms with van der Waals surface area (Å²) in [5, 5.41) is 11.0. The smallest absolute Gasteiger partial charge is 0.201 e. The average molecular weight is 441 g/mol. The number of benzene rings is 3. The van der Waals surface area contributed by atoms with E-state index in [1.165, 1.54) is 18.2 Å². The van der Waals surface area contributed by atoms with E-state index in [2.05, 4.69) is 6.92 Å². The molecule has 3 aromatic rings. The van der Waals surface area contributed by atoms with Crippen LogP contribution in [0.5, 0.6) is 5.75 Å². The molecule has 0 aliphatic heterocycles. The summed E-state index contributed by atoms with van der Waals surface area (Å²) in [6.45, 7) is 4.11. The molecule has 1 aliphatic rings. The van der Waals surface area contributed by atoms with Gasteiger partial charge < -0.3 is 9.84 Å². The molecular formula is C27H27F3O2. The molecule has 168 valence electrons. The number of ether oxygens (including phenoxy) is 1. The minimum atomic E-state index is -1.02.